The van der Waals surface area contributed by atoms with Crippen LogP contribution in [0.2, 0.25) is 0 Å². The number of rotatable bonds is 6. The van der Waals surface area contributed by atoms with Gasteiger partial charge in [0.1, 0.15) is 18.3 Å². The number of hydrogen-bond donors (Lipinski definition) is 2. The normalized spacial score (nSPS) is 50.4. The molecule has 4 atom stereocenters. The lowest BCUT2D eigenvalue weighted by molar-refractivity contribution is -0.265. The lowest BCUT2D eigenvalue weighted by Crippen LogP contribution is -2.67. The number of esters is 2. The van der Waals surface area contributed by atoms with Gasteiger partial charge in [-0.3, -0.25) is 0 Å². The minimum absolute atomic E-state index is 0.0415. The third kappa shape index (κ3) is 3.86. The highest BCUT2D eigenvalue weighted by Crippen LogP contribution is 2.61. The van der Waals surface area contributed by atoms with Crippen molar-refractivity contribution in [1.29, 1.82) is 0 Å². The number of carbonyl (C=O) groups excluding carboxylic acids is 2. The summed E-state index contributed by atoms with van der Waals surface area (Å²) in [4.78, 5) is 24.7. The van der Waals surface area contributed by atoms with Crippen molar-refractivity contribution in [1.82, 2.24) is 0 Å². The van der Waals surface area contributed by atoms with Gasteiger partial charge in [0.2, 0.25) is 0 Å². The zero-order valence-corrected chi connectivity index (χ0v) is 19.6. The van der Waals surface area contributed by atoms with E-state index in [2.05, 4.69) is 0 Å². The maximum atomic E-state index is 13.4. The molecule has 0 amide bonds. The summed E-state index contributed by atoms with van der Waals surface area (Å²) in [6.07, 6.45) is 6.10. The number of hydrogen-bond acceptors (Lipinski definition) is 7. The second kappa shape index (κ2) is 7.13. The van der Waals surface area contributed by atoms with Gasteiger partial charge in [-0.05, 0) is 75.0 Å². The fourth-order valence-corrected chi connectivity index (χ4v) is 9.35. The van der Waals surface area contributed by atoms with E-state index in [-0.39, 0.29) is 24.4 Å². The molecule has 0 saturated heterocycles. The van der Waals surface area contributed by atoms with Gasteiger partial charge in [0.05, 0.1) is 16.8 Å². The van der Waals surface area contributed by atoms with Gasteiger partial charge in [0, 0.05) is 26.2 Å². The fraction of sp³-hybridized carbons (Fsp3) is 0.920. The molecule has 2 N–H and O–H groups in total. The Labute approximate surface area is 197 Å². The lowest BCUT2D eigenvalue weighted by Gasteiger charge is -2.62. The van der Waals surface area contributed by atoms with Gasteiger partial charge in [-0.2, -0.15) is 8.78 Å². The highest BCUT2D eigenvalue weighted by Gasteiger charge is 2.65. The van der Waals surface area contributed by atoms with Crippen LogP contribution in [0.4, 0.5) is 8.78 Å². The molecule has 7 nitrogen and oxygen atoms in total. The van der Waals surface area contributed by atoms with Crippen LogP contribution < -0.4 is 0 Å². The van der Waals surface area contributed by atoms with E-state index in [1.165, 1.54) is 0 Å². The van der Waals surface area contributed by atoms with Crippen molar-refractivity contribution in [3.05, 3.63) is 0 Å². The quantitative estimate of drug-likeness (QED) is 0.559. The first-order valence-corrected chi connectivity index (χ1v) is 12.7. The second-order valence-electron chi connectivity index (χ2n) is 12.8. The summed E-state index contributed by atoms with van der Waals surface area (Å²) in [6.45, 7) is 0.343. The molecule has 0 radical (unpaired) electrons. The van der Waals surface area contributed by atoms with Crippen LogP contribution in [-0.2, 0) is 23.8 Å². The zero-order valence-electron chi connectivity index (χ0n) is 19.6. The van der Waals surface area contributed by atoms with Gasteiger partial charge in [0.15, 0.2) is 0 Å². The maximum Gasteiger partial charge on any atom is 0.376 e. The van der Waals surface area contributed by atoms with Crippen LogP contribution in [0.3, 0.4) is 0 Å². The molecule has 190 valence electrons. The van der Waals surface area contributed by atoms with E-state index in [0.29, 0.717) is 64.2 Å². The average molecular weight is 485 g/mol. The van der Waals surface area contributed by atoms with Crippen molar-refractivity contribution in [2.24, 2.45) is 23.7 Å². The van der Waals surface area contributed by atoms with Crippen LogP contribution in [0.5, 0.6) is 0 Å². The average Bonchev–Trinajstić information content (AvgIpc) is 2.64. The van der Waals surface area contributed by atoms with Gasteiger partial charge in [0.25, 0.3) is 0 Å². The fourth-order valence-electron chi connectivity index (χ4n) is 9.35. The number of alkyl halides is 2. The molecule has 4 unspecified atom stereocenters. The summed E-state index contributed by atoms with van der Waals surface area (Å²) in [5.74, 6) is -5.03. The van der Waals surface area contributed by atoms with Crippen LogP contribution >= 0.6 is 0 Å². The third-order valence-corrected chi connectivity index (χ3v) is 9.52. The van der Waals surface area contributed by atoms with E-state index >= 15 is 0 Å². The van der Waals surface area contributed by atoms with E-state index < -0.39 is 46.4 Å². The first kappa shape index (κ1) is 23.1. The van der Waals surface area contributed by atoms with E-state index in [1.807, 2.05) is 0 Å². The molecular weight excluding hydrogens is 450 g/mol. The molecule has 0 aromatic rings. The monoisotopic (exact) mass is 484 g/mol. The van der Waals surface area contributed by atoms with E-state index in [4.69, 9.17) is 14.2 Å². The Morgan fingerprint density at radius 3 is 2.03 bits per heavy atom. The van der Waals surface area contributed by atoms with Gasteiger partial charge in [-0.25, -0.2) is 9.59 Å². The number of aliphatic hydroxyl groups is 2. The smallest absolute Gasteiger partial charge is 0.376 e. The SMILES string of the molecule is CC(F)(F)C(=O)OC1C2CC3CC1CC(OCC(=O)OC14CC5CC(O)(CC(O)(C5)C1)C4)(C3)C2. The van der Waals surface area contributed by atoms with E-state index in [0.717, 1.165) is 19.3 Å². The standard InChI is InChI=1S/C25H34F2O7/c1-21(26,27)20(29)33-19-16-2-14-3-17(19)9-24(6-14,8-16)32-10-18(28)34-25-7-15-4-22(30,12-25)11-23(31,5-15)13-25/h14-17,19,30-31H,2-13H2,1H3. The summed E-state index contributed by atoms with van der Waals surface area (Å²) in [7, 11) is 0. The molecule has 0 aliphatic heterocycles. The van der Waals surface area contributed by atoms with Crippen LogP contribution in [0.1, 0.15) is 77.6 Å². The Kier molecular flexibility index (Phi) is 4.84. The third-order valence-electron chi connectivity index (χ3n) is 9.52. The van der Waals surface area contributed by atoms with Crippen molar-refractivity contribution < 1.29 is 42.8 Å². The number of halogens is 2. The summed E-state index contributed by atoms with van der Waals surface area (Å²) >= 11 is 0. The Balaban J connectivity index is 1.09. The molecular formula is C25H34F2O7. The van der Waals surface area contributed by atoms with Crippen molar-refractivity contribution in [3.63, 3.8) is 0 Å². The highest BCUT2D eigenvalue weighted by atomic mass is 19.3. The molecule has 8 saturated carbocycles. The van der Waals surface area contributed by atoms with Gasteiger partial charge in [-0.1, -0.05) is 0 Å². The van der Waals surface area contributed by atoms with Crippen LogP contribution in [-0.4, -0.2) is 63.2 Å². The lowest BCUT2D eigenvalue weighted by atomic mass is 9.50. The Morgan fingerprint density at radius 2 is 1.47 bits per heavy atom. The highest BCUT2D eigenvalue weighted by molar-refractivity contribution is 5.77. The molecule has 9 heteroatoms. The second-order valence-corrected chi connectivity index (χ2v) is 12.8. The molecule has 8 fully saturated rings. The predicted molar refractivity (Wildman–Crippen MR) is 113 cm³/mol. The first-order valence-electron chi connectivity index (χ1n) is 12.7. The summed E-state index contributed by atoms with van der Waals surface area (Å²) in [5.41, 5.74) is -3.31. The topological polar surface area (TPSA) is 102 Å². The predicted octanol–water partition coefficient (Wildman–Crippen LogP) is 2.89. The molecule has 8 rings (SSSR count). The van der Waals surface area contributed by atoms with Crippen molar-refractivity contribution in [2.45, 2.75) is 112 Å². The Hall–Kier alpha value is -1.32. The number of carbonyl (C=O) groups is 2. The molecule has 0 aromatic carbocycles. The van der Waals surface area contributed by atoms with Gasteiger partial charge >= 0.3 is 17.9 Å². The minimum Gasteiger partial charge on any atom is -0.457 e. The molecule has 8 bridgehead atoms. The van der Waals surface area contributed by atoms with E-state index in [9.17, 15) is 28.6 Å². The summed E-state index contributed by atoms with van der Waals surface area (Å²) < 4.78 is 44.2. The molecule has 34 heavy (non-hydrogen) atoms. The van der Waals surface area contributed by atoms with E-state index in [1.54, 1.807) is 0 Å². The summed E-state index contributed by atoms with van der Waals surface area (Å²) in [6, 6.07) is 0. The van der Waals surface area contributed by atoms with Gasteiger partial charge < -0.3 is 24.4 Å². The molecule has 0 spiro atoms. The first-order chi connectivity index (χ1) is 15.8. The molecule has 0 heterocycles. The van der Waals surface area contributed by atoms with Crippen molar-refractivity contribution in [2.75, 3.05) is 6.61 Å². The van der Waals surface area contributed by atoms with Crippen LogP contribution in [0.15, 0.2) is 0 Å². The molecule has 0 aromatic heterocycles. The molecule has 8 aliphatic rings. The Bertz CT molecular complexity index is 866. The Morgan fingerprint density at radius 1 is 0.882 bits per heavy atom. The minimum atomic E-state index is -3.51. The van der Waals surface area contributed by atoms with Crippen LogP contribution in [0.25, 0.3) is 0 Å². The maximum absolute atomic E-state index is 13.4. The summed E-state index contributed by atoms with van der Waals surface area (Å²) in [5, 5.41) is 21.8. The van der Waals surface area contributed by atoms with Crippen molar-refractivity contribution in [3.8, 4) is 0 Å². The largest absolute Gasteiger partial charge is 0.457 e. The van der Waals surface area contributed by atoms with Crippen molar-refractivity contribution >= 4 is 11.9 Å². The molecule has 8 aliphatic carbocycles. The van der Waals surface area contributed by atoms with Gasteiger partial charge in [-0.15, -0.1) is 0 Å². The number of ether oxygens (including phenoxy) is 3. The van der Waals surface area contributed by atoms with Crippen LogP contribution in [0, 0.1) is 23.7 Å². The zero-order chi connectivity index (χ0) is 24.1.